The lowest BCUT2D eigenvalue weighted by atomic mass is 10.1. The first kappa shape index (κ1) is 22.3. The zero-order valence-corrected chi connectivity index (χ0v) is 18.9. The minimum Gasteiger partial charge on any atom is -0.325 e. The van der Waals surface area contributed by atoms with Crippen LogP contribution in [-0.2, 0) is 17.6 Å². The lowest BCUT2D eigenvalue weighted by molar-refractivity contribution is -0.113. The summed E-state index contributed by atoms with van der Waals surface area (Å²) in [5.74, 6) is -0.110. The Bertz CT molecular complexity index is 1390. The van der Waals surface area contributed by atoms with Crippen molar-refractivity contribution in [3.63, 3.8) is 0 Å². The predicted octanol–water partition coefficient (Wildman–Crippen LogP) is 4.74. The summed E-state index contributed by atoms with van der Waals surface area (Å²) in [5, 5.41) is 12.6. The molecule has 1 aromatic heterocycles. The monoisotopic (exact) mass is 454 g/mol. The van der Waals surface area contributed by atoms with Gasteiger partial charge in [0, 0.05) is 5.69 Å². The van der Waals surface area contributed by atoms with Gasteiger partial charge in [0.1, 0.15) is 0 Å². The Morgan fingerprint density at radius 3 is 2.42 bits per heavy atom. The van der Waals surface area contributed by atoms with E-state index in [4.69, 9.17) is 5.26 Å². The van der Waals surface area contributed by atoms with E-state index in [2.05, 4.69) is 23.3 Å². The number of nitriles is 1. The molecule has 164 valence electrons. The van der Waals surface area contributed by atoms with Crippen LogP contribution in [0.2, 0.25) is 0 Å². The third-order valence-electron chi connectivity index (χ3n) is 5.20. The lowest BCUT2D eigenvalue weighted by Crippen LogP contribution is -2.23. The fourth-order valence-corrected chi connectivity index (χ4v) is 4.25. The first-order valence-electron chi connectivity index (χ1n) is 10.6. The molecule has 1 amide bonds. The second-order valence-electron chi connectivity index (χ2n) is 7.44. The van der Waals surface area contributed by atoms with E-state index in [1.54, 1.807) is 28.8 Å². The SMILES string of the molecule is CCc1ccc(-n2c(SCC(=O)Nc3ccc(CC#N)cc3)nc3ccccc3c2=O)cc1. The summed E-state index contributed by atoms with van der Waals surface area (Å²) in [5.41, 5.74) is 3.87. The Hall–Kier alpha value is -3.89. The number of rotatable bonds is 7. The van der Waals surface area contributed by atoms with Gasteiger partial charge in [-0.05, 0) is 53.9 Å². The van der Waals surface area contributed by atoms with Crippen molar-refractivity contribution in [3.05, 3.63) is 94.3 Å². The van der Waals surface area contributed by atoms with Gasteiger partial charge in [0.05, 0.1) is 34.8 Å². The van der Waals surface area contributed by atoms with E-state index in [0.29, 0.717) is 33.9 Å². The maximum Gasteiger partial charge on any atom is 0.266 e. The van der Waals surface area contributed by atoms with Gasteiger partial charge in [0.2, 0.25) is 5.91 Å². The smallest absolute Gasteiger partial charge is 0.266 e. The zero-order chi connectivity index (χ0) is 23.2. The lowest BCUT2D eigenvalue weighted by Gasteiger charge is -2.14. The first-order chi connectivity index (χ1) is 16.1. The molecule has 4 rings (SSSR count). The molecule has 1 N–H and O–H groups in total. The number of aromatic nitrogens is 2. The number of carbonyl (C=O) groups is 1. The molecular weight excluding hydrogens is 432 g/mol. The number of amides is 1. The van der Waals surface area contributed by atoms with Gasteiger partial charge in [0.25, 0.3) is 5.56 Å². The second kappa shape index (κ2) is 10.2. The van der Waals surface area contributed by atoms with Crippen LogP contribution < -0.4 is 10.9 Å². The van der Waals surface area contributed by atoms with Gasteiger partial charge >= 0.3 is 0 Å². The van der Waals surface area contributed by atoms with E-state index >= 15 is 0 Å². The normalized spacial score (nSPS) is 10.7. The second-order valence-corrected chi connectivity index (χ2v) is 8.38. The Morgan fingerprint density at radius 2 is 1.73 bits per heavy atom. The average Bonchev–Trinajstić information content (AvgIpc) is 2.84. The molecule has 0 bridgehead atoms. The highest BCUT2D eigenvalue weighted by Crippen LogP contribution is 2.22. The molecule has 6 nitrogen and oxygen atoms in total. The highest BCUT2D eigenvalue weighted by molar-refractivity contribution is 7.99. The van der Waals surface area contributed by atoms with Gasteiger partial charge in [-0.1, -0.05) is 55.1 Å². The van der Waals surface area contributed by atoms with Crippen molar-refractivity contribution < 1.29 is 4.79 Å². The summed E-state index contributed by atoms with van der Waals surface area (Å²) < 4.78 is 1.57. The number of anilines is 1. The molecule has 0 aliphatic carbocycles. The number of thioether (sulfide) groups is 1. The molecule has 3 aromatic carbocycles. The Labute approximate surface area is 195 Å². The Kier molecular flexibility index (Phi) is 6.86. The molecule has 0 fully saturated rings. The highest BCUT2D eigenvalue weighted by Gasteiger charge is 2.15. The van der Waals surface area contributed by atoms with E-state index in [9.17, 15) is 9.59 Å². The van der Waals surface area contributed by atoms with Crippen LogP contribution in [0.15, 0.2) is 82.7 Å². The van der Waals surface area contributed by atoms with Crippen LogP contribution in [0, 0.1) is 11.3 Å². The van der Waals surface area contributed by atoms with Gasteiger partial charge in [-0.15, -0.1) is 0 Å². The number of benzene rings is 3. The van der Waals surface area contributed by atoms with Crippen LogP contribution in [-0.4, -0.2) is 21.2 Å². The summed E-state index contributed by atoms with van der Waals surface area (Å²) in [6.07, 6.45) is 1.24. The van der Waals surface area contributed by atoms with Gasteiger partial charge < -0.3 is 5.32 Å². The summed E-state index contributed by atoms with van der Waals surface area (Å²) in [6.45, 7) is 2.08. The van der Waals surface area contributed by atoms with Gasteiger partial charge in [0.15, 0.2) is 5.16 Å². The molecule has 1 heterocycles. The molecule has 33 heavy (non-hydrogen) atoms. The maximum absolute atomic E-state index is 13.3. The van der Waals surface area contributed by atoms with Crippen LogP contribution in [0.5, 0.6) is 0 Å². The van der Waals surface area contributed by atoms with Gasteiger partial charge in [-0.3, -0.25) is 14.2 Å². The molecule has 0 spiro atoms. The van der Waals surface area contributed by atoms with Crippen LogP contribution in [0.25, 0.3) is 16.6 Å². The van der Waals surface area contributed by atoms with Crippen molar-refractivity contribution in [2.24, 2.45) is 0 Å². The molecule has 0 atom stereocenters. The molecule has 0 aliphatic rings. The quantitative estimate of drug-likeness (QED) is 0.322. The summed E-state index contributed by atoms with van der Waals surface area (Å²) in [7, 11) is 0. The first-order valence-corrected chi connectivity index (χ1v) is 11.6. The summed E-state index contributed by atoms with van der Waals surface area (Å²) in [6, 6.07) is 24.3. The number of carbonyl (C=O) groups excluding carboxylic acids is 1. The fraction of sp³-hybridized carbons (Fsp3) is 0.154. The van der Waals surface area contributed by atoms with Crippen LogP contribution in [0.4, 0.5) is 5.69 Å². The third-order valence-corrected chi connectivity index (χ3v) is 6.14. The number of hydrogen-bond acceptors (Lipinski definition) is 5. The Balaban J connectivity index is 1.60. The van der Waals surface area contributed by atoms with E-state index in [-0.39, 0.29) is 17.2 Å². The largest absolute Gasteiger partial charge is 0.325 e. The topological polar surface area (TPSA) is 87.8 Å². The zero-order valence-electron chi connectivity index (χ0n) is 18.1. The summed E-state index contributed by atoms with van der Waals surface area (Å²) in [4.78, 5) is 30.6. The molecule has 0 saturated carbocycles. The number of nitrogens with one attached hydrogen (secondary N) is 1. The highest BCUT2D eigenvalue weighted by atomic mass is 32.2. The summed E-state index contributed by atoms with van der Waals surface area (Å²) >= 11 is 1.22. The average molecular weight is 455 g/mol. The van der Waals surface area contributed by atoms with Crippen molar-refractivity contribution in [1.29, 1.82) is 5.26 Å². The molecular formula is C26H22N4O2S. The number of fused-ring (bicyclic) bond motifs is 1. The van der Waals surface area contributed by atoms with Crippen LogP contribution in [0.3, 0.4) is 0 Å². The van der Waals surface area contributed by atoms with E-state index in [0.717, 1.165) is 12.0 Å². The van der Waals surface area contributed by atoms with E-state index in [1.165, 1.54) is 17.3 Å². The fourth-order valence-electron chi connectivity index (χ4n) is 3.44. The van der Waals surface area contributed by atoms with Crippen molar-refractivity contribution in [2.75, 3.05) is 11.1 Å². The van der Waals surface area contributed by atoms with Crippen molar-refractivity contribution in [2.45, 2.75) is 24.9 Å². The predicted molar refractivity (Wildman–Crippen MR) is 132 cm³/mol. The minimum absolute atomic E-state index is 0.0950. The molecule has 0 unspecified atom stereocenters. The minimum atomic E-state index is -0.205. The van der Waals surface area contributed by atoms with Crippen molar-refractivity contribution in [1.82, 2.24) is 9.55 Å². The van der Waals surface area contributed by atoms with E-state index in [1.807, 2.05) is 48.5 Å². The number of aryl methyl sites for hydroxylation is 1. The van der Waals surface area contributed by atoms with E-state index < -0.39 is 0 Å². The Morgan fingerprint density at radius 1 is 1.03 bits per heavy atom. The van der Waals surface area contributed by atoms with Crippen LogP contribution >= 0.6 is 11.8 Å². The van der Waals surface area contributed by atoms with Crippen LogP contribution in [0.1, 0.15) is 18.1 Å². The molecule has 0 aliphatic heterocycles. The standard InChI is InChI=1S/C26H22N4O2S/c1-2-18-9-13-21(14-10-18)30-25(32)22-5-3-4-6-23(22)29-26(30)33-17-24(31)28-20-11-7-19(8-12-20)15-16-27/h3-14H,2,15,17H2,1H3,(H,28,31). The molecule has 4 aromatic rings. The number of para-hydroxylation sites is 1. The third kappa shape index (κ3) is 5.13. The van der Waals surface area contributed by atoms with Gasteiger partial charge in [-0.25, -0.2) is 4.98 Å². The maximum atomic E-state index is 13.3. The van der Waals surface area contributed by atoms with Gasteiger partial charge in [-0.2, -0.15) is 5.26 Å². The van der Waals surface area contributed by atoms with Crippen molar-refractivity contribution >= 4 is 34.3 Å². The van der Waals surface area contributed by atoms with Crippen molar-refractivity contribution in [3.8, 4) is 11.8 Å². The number of hydrogen-bond donors (Lipinski definition) is 1. The molecule has 7 heteroatoms. The molecule has 0 saturated heterocycles. The molecule has 0 radical (unpaired) electrons. The number of nitrogens with zero attached hydrogens (tertiary/aromatic N) is 3.